The molecule has 0 aliphatic heterocycles. The van der Waals surface area contributed by atoms with Crippen LogP contribution in [0.2, 0.25) is 0 Å². The molecule has 3 rings (SSSR count). The molecule has 1 aromatic carbocycles. The topological polar surface area (TPSA) is 59.8 Å². The smallest absolute Gasteiger partial charge is 0.225 e. The van der Waals surface area contributed by atoms with E-state index in [1.807, 2.05) is 18.4 Å². The van der Waals surface area contributed by atoms with Crippen molar-refractivity contribution in [1.82, 2.24) is 14.8 Å². The number of hydrogen-bond acceptors (Lipinski definition) is 4. The number of anilines is 1. The molecule has 0 bridgehead atoms. The Morgan fingerprint density at radius 1 is 1.24 bits per heavy atom. The van der Waals surface area contributed by atoms with Gasteiger partial charge in [-0.2, -0.15) is 9.78 Å². The van der Waals surface area contributed by atoms with E-state index >= 15 is 0 Å². The lowest BCUT2D eigenvalue weighted by molar-refractivity contribution is -0.116. The number of unbranched alkanes of at least 4 members (excludes halogenated alkanes) is 1. The van der Waals surface area contributed by atoms with Gasteiger partial charge in [0.1, 0.15) is 5.82 Å². The van der Waals surface area contributed by atoms with Gasteiger partial charge in [-0.15, -0.1) is 11.3 Å². The van der Waals surface area contributed by atoms with E-state index in [4.69, 9.17) is 4.98 Å². The van der Waals surface area contributed by atoms with Gasteiger partial charge in [-0.3, -0.25) is 4.79 Å². The molecule has 0 radical (unpaired) electrons. The predicted octanol–water partition coefficient (Wildman–Crippen LogP) is 4.74. The third-order valence-corrected chi connectivity index (χ3v) is 4.69. The summed E-state index contributed by atoms with van der Waals surface area (Å²) in [4.78, 5) is 16.7. The van der Waals surface area contributed by atoms with Gasteiger partial charge in [0.2, 0.25) is 11.0 Å². The van der Waals surface area contributed by atoms with Gasteiger partial charge in [-0.25, -0.2) is 4.98 Å². The van der Waals surface area contributed by atoms with Gasteiger partial charge in [0.05, 0.1) is 11.4 Å². The zero-order valence-electron chi connectivity index (χ0n) is 14.7. The highest BCUT2D eigenvalue weighted by Gasteiger charge is 2.14. The Bertz CT molecular complexity index is 864. The predicted molar refractivity (Wildman–Crippen MR) is 102 cm³/mol. The maximum absolute atomic E-state index is 12.1. The summed E-state index contributed by atoms with van der Waals surface area (Å²) in [6.07, 6.45) is 2.40. The van der Waals surface area contributed by atoms with Gasteiger partial charge in [-0.05, 0) is 20.3 Å². The molecule has 0 spiro atoms. The Morgan fingerprint density at radius 3 is 2.72 bits per heavy atom. The van der Waals surface area contributed by atoms with Crippen molar-refractivity contribution >= 4 is 23.1 Å². The largest absolute Gasteiger partial charge is 0.311 e. The molecule has 130 valence electrons. The normalized spacial score (nSPS) is 10.8. The van der Waals surface area contributed by atoms with Crippen LogP contribution in [0.5, 0.6) is 0 Å². The van der Waals surface area contributed by atoms with E-state index in [0.29, 0.717) is 12.2 Å². The zero-order valence-corrected chi connectivity index (χ0v) is 15.6. The second kappa shape index (κ2) is 7.61. The monoisotopic (exact) mass is 354 g/mol. The van der Waals surface area contributed by atoms with E-state index in [1.165, 1.54) is 16.9 Å². The number of benzene rings is 1. The molecule has 0 aliphatic carbocycles. The number of aryl methyl sites for hydroxylation is 2. The summed E-state index contributed by atoms with van der Waals surface area (Å²) in [7, 11) is 0. The number of aromatic nitrogens is 3. The minimum absolute atomic E-state index is 0.0123. The lowest BCUT2D eigenvalue weighted by Gasteiger charge is -2.06. The summed E-state index contributed by atoms with van der Waals surface area (Å²) < 4.78 is 1.71. The molecule has 0 unspecified atom stereocenters. The van der Waals surface area contributed by atoms with Crippen molar-refractivity contribution in [1.29, 1.82) is 0 Å². The van der Waals surface area contributed by atoms with Crippen LogP contribution in [0.15, 0.2) is 35.7 Å². The van der Waals surface area contributed by atoms with Crippen LogP contribution in [0.25, 0.3) is 16.4 Å². The van der Waals surface area contributed by atoms with Crippen LogP contribution in [-0.4, -0.2) is 20.7 Å². The minimum atomic E-state index is 0.0123. The van der Waals surface area contributed by atoms with Crippen LogP contribution in [0.1, 0.15) is 37.4 Å². The molecule has 0 saturated heterocycles. The van der Waals surface area contributed by atoms with Crippen LogP contribution in [0, 0.1) is 13.8 Å². The number of nitrogens with zero attached hydrogens (tertiary/aromatic N) is 3. The van der Waals surface area contributed by atoms with Crippen molar-refractivity contribution in [2.24, 2.45) is 0 Å². The SMILES string of the molecule is CCCCC(=O)Nc1cc(C)nn1-c1nc(-c2ccc(C)cc2)cs1. The van der Waals surface area contributed by atoms with E-state index in [1.54, 1.807) is 4.68 Å². The van der Waals surface area contributed by atoms with Gasteiger partial charge in [0.25, 0.3) is 0 Å². The molecule has 0 saturated carbocycles. The molecule has 2 aromatic heterocycles. The molecular weight excluding hydrogens is 332 g/mol. The molecule has 25 heavy (non-hydrogen) atoms. The summed E-state index contributed by atoms with van der Waals surface area (Å²) in [5, 5.41) is 10.2. The highest BCUT2D eigenvalue weighted by Crippen LogP contribution is 2.26. The van der Waals surface area contributed by atoms with Crippen LogP contribution in [0.3, 0.4) is 0 Å². The first-order valence-corrected chi connectivity index (χ1v) is 9.34. The molecule has 2 heterocycles. The van der Waals surface area contributed by atoms with Crippen LogP contribution in [0.4, 0.5) is 5.82 Å². The lowest BCUT2D eigenvalue weighted by atomic mass is 10.1. The van der Waals surface area contributed by atoms with Crippen molar-refractivity contribution in [2.75, 3.05) is 5.32 Å². The van der Waals surface area contributed by atoms with E-state index < -0.39 is 0 Å². The molecule has 3 aromatic rings. The summed E-state index contributed by atoms with van der Waals surface area (Å²) in [5.41, 5.74) is 4.05. The molecule has 1 N–H and O–H groups in total. The molecule has 0 aliphatic rings. The quantitative estimate of drug-likeness (QED) is 0.695. The van der Waals surface area contributed by atoms with Crippen LogP contribution in [-0.2, 0) is 4.79 Å². The highest BCUT2D eigenvalue weighted by atomic mass is 32.1. The molecule has 5 nitrogen and oxygen atoms in total. The number of carbonyl (C=O) groups is 1. The average Bonchev–Trinajstić information content (AvgIpc) is 3.20. The maximum atomic E-state index is 12.1. The number of amides is 1. The molecule has 0 fully saturated rings. The first-order valence-electron chi connectivity index (χ1n) is 8.46. The second-order valence-electron chi connectivity index (χ2n) is 6.12. The first kappa shape index (κ1) is 17.4. The molecule has 0 atom stereocenters. The van der Waals surface area contributed by atoms with Crippen molar-refractivity contribution in [2.45, 2.75) is 40.0 Å². The van der Waals surface area contributed by atoms with E-state index in [9.17, 15) is 4.79 Å². The minimum Gasteiger partial charge on any atom is -0.311 e. The Hall–Kier alpha value is -2.47. The van der Waals surface area contributed by atoms with Crippen LogP contribution >= 0.6 is 11.3 Å². The van der Waals surface area contributed by atoms with E-state index in [0.717, 1.165) is 34.9 Å². The molecule has 6 heteroatoms. The lowest BCUT2D eigenvalue weighted by Crippen LogP contribution is -2.14. The van der Waals surface area contributed by atoms with Crippen molar-refractivity contribution in [3.63, 3.8) is 0 Å². The maximum Gasteiger partial charge on any atom is 0.225 e. The summed E-state index contributed by atoms with van der Waals surface area (Å²) in [6, 6.07) is 10.2. The number of thiazole rings is 1. The first-order chi connectivity index (χ1) is 12.1. The Morgan fingerprint density at radius 2 is 2.00 bits per heavy atom. The molecular formula is C19H22N4OS. The Balaban J connectivity index is 1.85. The third-order valence-electron chi connectivity index (χ3n) is 3.88. The number of nitrogens with one attached hydrogen (secondary N) is 1. The van der Waals surface area contributed by atoms with Crippen molar-refractivity contribution in [3.8, 4) is 16.4 Å². The second-order valence-corrected chi connectivity index (χ2v) is 6.95. The van der Waals surface area contributed by atoms with Crippen molar-refractivity contribution < 1.29 is 4.79 Å². The van der Waals surface area contributed by atoms with Gasteiger partial charge in [0, 0.05) is 23.4 Å². The fraction of sp³-hybridized carbons (Fsp3) is 0.316. The number of carbonyl (C=O) groups excluding carboxylic acids is 1. The Kier molecular flexibility index (Phi) is 5.28. The summed E-state index contributed by atoms with van der Waals surface area (Å²) in [5.74, 6) is 0.682. The number of hydrogen-bond donors (Lipinski definition) is 1. The fourth-order valence-corrected chi connectivity index (χ4v) is 3.29. The summed E-state index contributed by atoms with van der Waals surface area (Å²) >= 11 is 1.51. The van der Waals surface area contributed by atoms with E-state index in [-0.39, 0.29) is 5.91 Å². The average molecular weight is 354 g/mol. The van der Waals surface area contributed by atoms with Crippen molar-refractivity contribution in [3.05, 3.63) is 47.0 Å². The molecule has 1 amide bonds. The van der Waals surface area contributed by atoms with Gasteiger partial charge >= 0.3 is 0 Å². The van der Waals surface area contributed by atoms with Gasteiger partial charge in [0.15, 0.2) is 0 Å². The zero-order chi connectivity index (χ0) is 17.8. The standard InChI is InChI=1S/C19H22N4OS/c1-4-5-6-18(24)21-17-11-14(3)22-23(17)19-20-16(12-25-19)15-9-7-13(2)8-10-15/h7-12H,4-6H2,1-3H3,(H,21,24). The summed E-state index contributed by atoms with van der Waals surface area (Å²) in [6.45, 7) is 6.05. The third kappa shape index (κ3) is 4.14. The van der Waals surface area contributed by atoms with Crippen LogP contribution < -0.4 is 5.32 Å². The highest BCUT2D eigenvalue weighted by molar-refractivity contribution is 7.12. The van der Waals surface area contributed by atoms with E-state index in [2.05, 4.69) is 48.5 Å². The van der Waals surface area contributed by atoms with Gasteiger partial charge < -0.3 is 5.32 Å². The Labute approximate surface area is 151 Å². The number of rotatable bonds is 6. The fourth-order valence-electron chi connectivity index (χ4n) is 2.50. The van der Waals surface area contributed by atoms with Gasteiger partial charge in [-0.1, -0.05) is 43.2 Å².